The van der Waals surface area contributed by atoms with Crippen LogP contribution in [0.3, 0.4) is 0 Å². The Bertz CT molecular complexity index is 696. The van der Waals surface area contributed by atoms with Crippen molar-refractivity contribution >= 4 is 5.91 Å². The molecule has 25 heavy (non-hydrogen) atoms. The number of amides is 1. The molecule has 0 aliphatic heterocycles. The number of rotatable bonds is 7. The van der Waals surface area contributed by atoms with Gasteiger partial charge < -0.3 is 15.2 Å². The van der Waals surface area contributed by atoms with Crippen LogP contribution in [0.1, 0.15) is 16.1 Å². The van der Waals surface area contributed by atoms with Crippen LogP contribution in [0.2, 0.25) is 0 Å². The lowest BCUT2D eigenvalue weighted by Crippen LogP contribution is -2.32. The summed E-state index contributed by atoms with van der Waals surface area (Å²) < 4.78 is 40.6. The minimum atomic E-state index is -4.76. The van der Waals surface area contributed by atoms with Crippen molar-refractivity contribution in [3.63, 3.8) is 0 Å². The number of hydrogen-bond acceptors (Lipinski definition) is 5. The van der Waals surface area contributed by atoms with Gasteiger partial charge in [-0.2, -0.15) is 0 Å². The van der Waals surface area contributed by atoms with Crippen LogP contribution in [0, 0.1) is 5.92 Å². The first-order valence-corrected chi connectivity index (χ1v) is 7.37. The summed E-state index contributed by atoms with van der Waals surface area (Å²) in [5, 5.41) is 12.0. The quantitative estimate of drug-likeness (QED) is 0.793. The van der Waals surface area contributed by atoms with Crippen LogP contribution < -0.4 is 10.1 Å². The Morgan fingerprint density at radius 3 is 2.76 bits per heavy atom. The first-order valence-electron chi connectivity index (χ1n) is 7.37. The Labute approximate surface area is 141 Å². The van der Waals surface area contributed by atoms with Gasteiger partial charge in [-0.15, -0.1) is 13.2 Å². The van der Waals surface area contributed by atoms with E-state index >= 15 is 0 Å². The summed E-state index contributed by atoms with van der Waals surface area (Å²) in [5.74, 6) is -1.15. The molecule has 1 aromatic heterocycles. The standard InChI is InChI=1S/C16H16F3N3O3/c17-16(18,19)25-13-3-1-2-11(7-13)6-12(10-23)8-22-15(24)14-9-20-4-5-21-14/h1-5,7,9,12,23H,6,8,10H2,(H,22,24)/t12-/m0/s1. The monoisotopic (exact) mass is 355 g/mol. The molecule has 0 radical (unpaired) electrons. The molecule has 0 bridgehead atoms. The first kappa shape index (κ1) is 18.7. The number of aliphatic hydroxyl groups excluding tert-OH is 1. The van der Waals surface area contributed by atoms with Crippen LogP contribution in [0.4, 0.5) is 13.2 Å². The van der Waals surface area contributed by atoms with Gasteiger partial charge in [0.25, 0.3) is 5.91 Å². The van der Waals surface area contributed by atoms with Crippen molar-refractivity contribution in [3.8, 4) is 5.75 Å². The lowest BCUT2D eigenvalue weighted by atomic mass is 10.00. The summed E-state index contributed by atoms with van der Waals surface area (Å²) in [5.41, 5.74) is 0.689. The average Bonchev–Trinajstić information content (AvgIpc) is 2.58. The van der Waals surface area contributed by atoms with E-state index < -0.39 is 12.3 Å². The first-order chi connectivity index (χ1) is 11.9. The Kier molecular flexibility index (Phi) is 6.29. The van der Waals surface area contributed by atoms with E-state index in [-0.39, 0.29) is 36.9 Å². The third kappa shape index (κ3) is 6.38. The number of benzene rings is 1. The average molecular weight is 355 g/mol. The van der Waals surface area contributed by atoms with Crippen molar-refractivity contribution in [2.75, 3.05) is 13.2 Å². The maximum atomic E-state index is 12.3. The van der Waals surface area contributed by atoms with Gasteiger partial charge in [0.2, 0.25) is 0 Å². The second-order valence-electron chi connectivity index (χ2n) is 5.25. The molecular weight excluding hydrogens is 339 g/mol. The fourth-order valence-corrected chi connectivity index (χ4v) is 2.15. The molecule has 0 spiro atoms. The van der Waals surface area contributed by atoms with E-state index in [1.165, 1.54) is 36.8 Å². The van der Waals surface area contributed by atoms with Crippen LogP contribution in [-0.4, -0.2) is 40.5 Å². The number of nitrogens with zero attached hydrogens (tertiary/aromatic N) is 2. The molecule has 0 saturated carbocycles. The number of aromatic nitrogens is 2. The maximum Gasteiger partial charge on any atom is 0.573 e. The van der Waals surface area contributed by atoms with Gasteiger partial charge >= 0.3 is 6.36 Å². The highest BCUT2D eigenvalue weighted by atomic mass is 19.4. The van der Waals surface area contributed by atoms with Gasteiger partial charge in [-0.25, -0.2) is 4.98 Å². The summed E-state index contributed by atoms with van der Waals surface area (Å²) in [4.78, 5) is 19.5. The van der Waals surface area contributed by atoms with Crippen LogP contribution >= 0.6 is 0 Å². The zero-order chi connectivity index (χ0) is 18.3. The number of alkyl halides is 3. The topological polar surface area (TPSA) is 84.3 Å². The SMILES string of the molecule is O=C(NC[C@@H](CO)Cc1cccc(OC(F)(F)F)c1)c1cnccn1. The molecule has 0 saturated heterocycles. The van der Waals surface area contributed by atoms with Crippen molar-refractivity contribution in [1.29, 1.82) is 0 Å². The summed E-state index contributed by atoms with van der Waals surface area (Å²) >= 11 is 0. The number of carbonyl (C=O) groups is 1. The number of ether oxygens (including phenoxy) is 1. The smallest absolute Gasteiger partial charge is 0.406 e. The predicted molar refractivity (Wildman–Crippen MR) is 81.8 cm³/mol. The lowest BCUT2D eigenvalue weighted by Gasteiger charge is -2.16. The van der Waals surface area contributed by atoms with Crippen molar-refractivity contribution in [3.05, 3.63) is 54.1 Å². The molecule has 0 unspecified atom stereocenters. The van der Waals surface area contributed by atoms with Crippen molar-refractivity contribution in [2.24, 2.45) is 5.92 Å². The third-order valence-electron chi connectivity index (χ3n) is 3.26. The van der Waals surface area contributed by atoms with Gasteiger partial charge in [0, 0.05) is 31.5 Å². The van der Waals surface area contributed by atoms with Crippen LogP contribution in [0.25, 0.3) is 0 Å². The minimum absolute atomic E-state index is 0.135. The van der Waals surface area contributed by atoms with Crippen molar-refractivity contribution in [1.82, 2.24) is 15.3 Å². The highest BCUT2D eigenvalue weighted by Gasteiger charge is 2.31. The third-order valence-corrected chi connectivity index (χ3v) is 3.26. The Balaban J connectivity index is 1.93. The molecule has 2 aromatic rings. The van der Waals surface area contributed by atoms with E-state index in [0.717, 1.165) is 0 Å². The molecule has 9 heteroatoms. The van der Waals surface area contributed by atoms with Gasteiger partial charge in [0.15, 0.2) is 0 Å². The maximum absolute atomic E-state index is 12.3. The summed E-state index contributed by atoms with van der Waals surface area (Å²) in [6.07, 6.45) is -0.374. The fraction of sp³-hybridized carbons (Fsp3) is 0.312. The second-order valence-corrected chi connectivity index (χ2v) is 5.25. The summed E-state index contributed by atoms with van der Waals surface area (Å²) in [7, 11) is 0. The second kappa shape index (κ2) is 8.43. The molecule has 6 nitrogen and oxygen atoms in total. The molecule has 1 amide bonds. The Hall–Kier alpha value is -2.68. The zero-order valence-corrected chi connectivity index (χ0v) is 13.0. The largest absolute Gasteiger partial charge is 0.573 e. The number of hydrogen-bond donors (Lipinski definition) is 2. The van der Waals surface area contributed by atoms with E-state index in [0.29, 0.717) is 5.56 Å². The van der Waals surface area contributed by atoms with Gasteiger partial charge in [0.1, 0.15) is 11.4 Å². The normalized spacial score (nSPS) is 12.5. The lowest BCUT2D eigenvalue weighted by molar-refractivity contribution is -0.274. The van der Waals surface area contributed by atoms with Crippen molar-refractivity contribution in [2.45, 2.75) is 12.8 Å². The number of aliphatic hydroxyl groups is 1. The van der Waals surface area contributed by atoms with Crippen molar-refractivity contribution < 1.29 is 27.8 Å². The van der Waals surface area contributed by atoms with E-state index in [9.17, 15) is 23.1 Å². The number of nitrogens with one attached hydrogen (secondary N) is 1. The van der Waals surface area contributed by atoms with Gasteiger partial charge in [-0.05, 0) is 24.1 Å². The molecule has 1 heterocycles. The van der Waals surface area contributed by atoms with E-state index in [2.05, 4.69) is 20.0 Å². The molecule has 2 N–H and O–H groups in total. The van der Waals surface area contributed by atoms with Gasteiger partial charge in [-0.3, -0.25) is 9.78 Å². The molecule has 2 rings (SSSR count). The van der Waals surface area contributed by atoms with Gasteiger partial charge in [-0.1, -0.05) is 12.1 Å². The number of halogens is 3. The van der Waals surface area contributed by atoms with Crippen LogP contribution in [0.15, 0.2) is 42.9 Å². The molecule has 134 valence electrons. The van der Waals surface area contributed by atoms with E-state index in [1.807, 2.05) is 0 Å². The fourth-order valence-electron chi connectivity index (χ4n) is 2.15. The molecule has 0 aliphatic rings. The van der Waals surface area contributed by atoms with Gasteiger partial charge in [0.05, 0.1) is 6.20 Å². The molecule has 0 fully saturated rings. The number of carbonyl (C=O) groups excluding carboxylic acids is 1. The molecule has 1 atom stereocenters. The van der Waals surface area contributed by atoms with Crippen LogP contribution in [-0.2, 0) is 6.42 Å². The van der Waals surface area contributed by atoms with Crippen LogP contribution in [0.5, 0.6) is 5.75 Å². The Morgan fingerprint density at radius 2 is 2.12 bits per heavy atom. The molecular formula is C16H16F3N3O3. The molecule has 1 aromatic carbocycles. The molecule has 0 aliphatic carbocycles. The van der Waals surface area contributed by atoms with E-state index in [1.54, 1.807) is 6.07 Å². The summed E-state index contributed by atoms with van der Waals surface area (Å²) in [6.45, 7) is -0.110. The Morgan fingerprint density at radius 1 is 1.32 bits per heavy atom. The predicted octanol–water partition coefficient (Wildman–Crippen LogP) is 1.96. The highest BCUT2D eigenvalue weighted by molar-refractivity contribution is 5.91. The zero-order valence-electron chi connectivity index (χ0n) is 13.0. The highest BCUT2D eigenvalue weighted by Crippen LogP contribution is 2.24. The summed E-state index contributed by atoms with van der Waals surface area (Å²) in [6, 6.07) is 5.50. The minimum Gasteiger partial charge on any atom is -0.406 e. The van der Waals surface area contributed by atoms with E-state index in [4.69, 9.17) is 0 Å².